The maximum Gasteiger partial charge on any atom is 0.187 e. The molecule has 3 heteroatoms. The van der Waals surface area contributed by atoms with Gasteiger partial charge >= 0.3 is 0 Å². The summed E-state index contributed by atoms with van der Waals surface area (Å²) in [6.45, 7) is 6.47. The molecule has 3 nitrogen and oxygen atoms in total. The molecule has 1 aromatic rings. The van der Waals surface area contributed by atoms with Crippen molar-refractivity contribution in [3.63, 3.8) is 0 Å². The Labute approximate surface area is 103 Å². The minimum atomic E-state index is -0.765. The first kappa shape index (κ1) is 14.2. The van der Waals surface area contributed by atoms with Gasteiger partial charge in [-0.25, -0.2) is 0 Å². The highest BCUT2D eigenvalue weighted by Gasteiger charge is 2.21. The fraction of sp³-hybridized carbons (Fsp3) is 0.571. The number of hydrogen-bond acceptors (Lipinski definition) is 3. The van der Waals surface area contributed by atoms with Crippen LogP contribution >= 0.6 is 0 Å². The van der Waals surface area contributed by atoms with Crippen molar-refractivity contribution in [3.05, 3.63) is 35.4 Å². The largest absolute Gasteiger partial charge is 0.383 e. The molecule has 0 saturated carbocycles. The molecule has 0 saturated heterocycles. The van der Waals surface area contributed by atoms with E-state index in [1.807, 2.05) is 24.3 Å². The van der Waals surface area contributed by atoms with Crippen LogP contribution in [0.5, 0.6) is 0 Å². The van der Waals surface area contributed by atoms with Gasteiger partial charge in [-0.15, -0.1) is 0 Å². The zero-order valence-electron chi connectivity index (χ0n) is 11.2. The van der Waals surface area contributed by atoms with Crippen molar-refractivity contribution in [3.8, 4) is 0 Å². The second kappa shape index (κ2) is 5.63. The molecule has 1 rings (SSSR count). The molecule has 0 aromatic heterocycles. The van der Waals surface area contributed by atoms with E-state index in [-0.39, 0.29) is 5.41 Å². The average molecular weight is 238 g/mol. The summed E-state index contributed by atoms with van der Waals surface area (Å²) in [6, 6.07) is 7.88. The van der Waals surface area contributed by atoms with E-state index in [2.05, 4.69) is 20.8 Å². The van der Waals surface area contributed by atoms with Gasteiger partial charge in [-0.05, 0) is 16.5 Å². The van der Waals surface area contributed by atoms with Gasteiger partial charge in [-0.2, -0.15) is 0 Å². The molecule has 0 aliphatic carbocycles. The molecule has 0 spiro atoms. The average Bonchev–Trinajstić information content (AvgIpc) is 2.29. The summed E-state index contributed by atoms with van der Waals surface area (Å²) in [7, 11) is 3.03. The highest BCUT2D eigenvalue weighted by molar-refractivity contribution is 5.28. The molecule has 1 unspecified atom stereocenters. The molecule has 1 N–H and O–H groups in total. The summed E-state index contributed by atoms with van der Waals surface area (Å²) < 4.78 is 10.1. The molecular formula is C14H22O3. The predicted molar refractivity (Wildman–Crippen MR) is 67.9 cm³/mol. The number of ether oxygens (including phenoxy) is 2. The molecular weight excluding hydrogens is 216 g/mol. The number of aliphatic hydroxyl groups excluding tert-OH is 1. The number of methoxy groups -OCH3 is 2. The Bertz CT molecular complexity index is 333. The van der Waals surface area contributed by atoms with E-state index in [4.69, 9.17) is 9.47 Å². The second-order valence-electron chi connectivity index (χ2n) is 5.16. The van der Waals surface area contributed by atoms with Crippen LogP contribution in [-0.2, 0) is 14.9 Å². The highest BCUT2D eigenvalue weighted by Crippen LogP contribution is 2.25. The van der Waals surface area contributed by atoms with E-state index in [9.17, 15) is 5.11 Å². The highest BCUT2D eigenvalue weighted by atomic mass is 16.7. The molecule has 0 amide bonds. The Balaban J connectivity index is 2.87. The van der Waals surface area contributed by atoms with Gasteiger partial charge in [0, 0.05) is 14.2 Å². The van der Waals surface area contributed by atoms with Crippen molar-refractivity contribution in [2.24, 2.45) is 0 Å². The van der Waals surface area contributed by atoms with Crippen LogP contribution in [0.25, 0.3) is 0 Å². The molecule has 17 heavy (non-hydrogen) atoms. The number of hydrogen-bond donors (Lipinski definition) is 1. The first-order valence-electron chi connectivity index (χ1n) is 5.74. The molecule has 96 valence electrons. The summed E-state index contributed by atoms with van der Waals surface area (Å²) in [4.78, 5) is 0. The lowest BCUT2D eigenvalue weighted by atomic mass is 9.86. The lowest BCUT2D eigenvalue weighted by Gasteiger charge is -2.22. The Morgan fingerprint density at radius 1 is 1.00 bits per heavy atom. The van der Waals surface area contributed by atoms with E-state index in [0.29, 0.717) is 0 Å². The van der Waals surface area contributed by atoms with E-state index in [1.54, 1.807) is 0 Å². The Morgan fingerprint density at radius 2 is 1.47 bits per heavy atom. The van der Waals surface area contributed by atoms with Gasteiger partial charge in [0.2, 0.25) is 0 Å². The maximum absolute atomic E-state index is 10.0. The van der Waals surface area contributed by atoms with Gasteiger partial charge in [0.15, 0.2) is 6.29 Å². The van der Waals surface area contributed by atoms with Gasteiger partial charge < -0.3 is 14.6 Å². The smallest absolute Gasteiger partial charge is 0.187 e. The zero-order chi connectivity index (χ0) is 13.1. The maximum atomic E-state index is 10.0. The van der Waals surface area contributed by atoms with Gasteiger partial charge in [0.1, 0.15) is 6.10 Å². The molecule has 1 aromatic carbocycles. The number of benzene rings is 1. The Hall–Kier alpha value is -0.900. The van der Waals surface area contributed by atoms with Crippen molar-refractivity contribution in [1.29, 1.82) is 0 Å². The molecule has 1 atom stereocenters. The van der Waals surface area contributed by atoms with Gasteiger partial charge in [0.25, 0.3) is 0 Å². The Morgan fingerprint density at radius 3 is 1.82 bits per heavy atom. The van der Waals surface area contributed by atoms with Crippen LogP contribution in [0.3, 0.4) is 0 Å². The van der Waals surface area contributed by atoms with Crippen LogP contribution < -0.4 is 0 Å². The normalized spacial score (nSPS) is 14.1. The summed E-state index contributed by atoms with van der Waals surface area (Å²) in [5, 5.41) is 10.0. The van der Waals surface area contributed by atoms with Crippen molar-refractivity contribution in [2.45, 2.75) is 38.6 Å². The SMILES string of the molecule is COC(OC)C(O)c1ccc(C(C)(C)C)cc1. The van der Waals surface area contributed by atoms with Crippen LogP contribution in [0.2, 0.25) is 0 Å². The predicted octanol–water partition coefficient (Wildman–Crippen LogP) is 2.64. The second-order valence-corrected chi connectivity index (χ2v) is 5.16. The van der Waals surface area contributed by atoms with E-state index in [0.717, 1.165) is 5.56 Å². The van der Waals surface area contributed by atoms with Crippen molar-refractivity contribution < 1.29 is 14.6 Å². The zero-order valence-corrected chi connectivity index (χ0v) is 11.2. The standard InChI is InChI=1S/C14H22O3/c1-14(2,3)11-8-6-10(7-9-11)12(15)13(16-4)17-5/h6-9,12-13,15H,1-5H3. The minimum absolute atomic E-state index is 0.116. The molecule has 0 radical (unpaired) electrons. The summed E-state index contributed by atoms with van der Waals surface area (Å²) >= 11 is 0. The summed E-state index contributed by atoms with van der Waals surface area (Å²) in [5.74, 6) is 0. The third kappa shape index (κ3) is 3.53. The van der Waals surface area contributed by atoms with Crippen LogP contribution in [0.4, 0.5) is 0 Å². The molecule has 0 heterocycles. The van der Waals surface area contributed by atoms with E-state index >= 15 is 0 Å². The third-order valence-electron chi connectivity index (χ3n) is 2.84. The fourth-order valence-corrected chi connectivity index (χ4v) is 1.69. The lowest BCUT2D eigenvalue weighted by Crippen LogP contribution is -2.22. The van der Waals surface area contributed by atoms with Crippen molar-refractivity contribution in [2.75, 3.05) is 14.2 Å². The fourth-order valence-electron chi connectivity index (χ4n) is 1.69. The topological polar surface area (TPSA) is 38.7 Å². The summed E-state index contributed by atoms with van der Waals surface area (Å²) in [5.41, 5.74) is 2.15. The van der Waals surface area contributed by atoms with Gasteiger partial charge in [0.05, 0.1) is 0 Å². The van der Waals surface area contributed by atoms with E-state index < -0.39 is 12.4 Å². The van der Waals surface area contributed by atoms with Crippen LogP contribution in [0.1, 0.15) is 38.0 Å². The van der Waals surface area contributed by atoms with E-state index in [1.165, 1.54) is 19.8 Å². The Kier molecular flexibility index (Phi) is 4.69. The minimum Gasteiger partial charge on any atom is -0.383 e. The van der Waals surface area contributed by atoms with Crippen LogP contribution in [0.15, 0.2) is 24.3 Å². The van der Waals surface area contributed by atoms with Gasteiger partial charge in [-0.1, -0.05) is 45.0 Å². The van der Waals surface area contributed by atoms with Crippen molar-refractivity contribution in [1.82, 2.24) is 0 Å². The van der Waals surface area contributed by atoms with Crippen LogP contribution in [0, 0.1) is 0 Å². The monoisotopic (exact) mass is 238 g/mol. The molecule has 0 aliphatic heterocycles. The van der Waals surface area contributed by atoms with Crippen molar-refractivity contribution >= 4 is 0 Å². The molecule has 0 bridgehead atoms. The summed E-state index contributed by atoms with van der Waals surface area (Å²) in [6.07, 6.45) is -1.39. The third-order valence-corrected chi connectivity index (χ3v) is 2.84. The molecule has 0 fully saturated rings. The molecule has 0 aliphatic rings. The number of rotatable bonds is 4. The first-order chi connectivity index (χ1) is 7.90. The van der Waals surface area contributed by atoms with Crippen LogP contribution in [-0.4, -0.2) is 25.6 Å². The lowest BCUT2D eigenvalue weighted by molar-refractivity contribution is -0.166. The van der Waals surface area contributed by atoms with Gasteiger partial charge in [-0.3, -0.25) is 0 Å². The number of aliphatic hydroxyl groups is 1. The quantitative estimate of drug-likeness (QED) is 0.820. The first-order valence-corrected chi connectivity index (χ1v) is 5.74.